The highest BCUT2D eigenvalue weighted by Gasteiger charge is 2.08. The molecule has 16 heavy (non-hydrogen) atoms. The molecule has 0 radical (unpaired) electrons. The van der Waals surface area contributed by atoms with Crippen LogP contribution in [0.1, 0.15) is 16.8 Å². The number of thiocarbonyl (C=S) groups is 1. The van der Waals surface area contributed by atoms with Crippen LogP contribution in [0.5, 0.6) is 0 Å². The molecular formula is C12H11ClN2S. The first kappa shape index (κ1) is 11.3. The van der Waals surface area contributed by atoms with Gasteiger partial charge in [-0.3, -0.25) is 4.98 Å². The molecule has 0 unspecified atom stereocenters. The molecule has 0 aliphatic heterocycles. The van der Waals surface area contributed by atoms with Gasteiger partial charge in [-0.1, -0.05) is 23.8 Å². The monoisotopic (exact) mass is 250 g/mol. The smallest absolute Gasteiger partial charge is 0.104 e. The molecular weight excluding hydrogens is 240 g/mol. The van der Waals surface area contributed by atoms with Crippen LogP contribution in [0.25, 0.3) is 10.9 Å². The van der Waals surface area contributed by atoms with Crippen LogP contribution in [0.15, 0.2) is 18.2 Å². The number of nitrogens with zero attached hydrogens (tertiary/aromatic N) is 1. The van der Waals surface area contributed by atoms with Gasteiger partial charge in [0.1, 0.15) is 4.99 Å². The topological polar surface area (TPSA) is 38.9 Å². The van der Waals surface area contributed by atoms with E-state index in [0.717, 1.165) is 27.7 Å². The molecule has 2 N–H and O–H groups in total. The van der Waals surface area contributed by atoms with Gasteiger partial charge in [0.05, 0.1) is 10.5 Å². The molecule has 0 atom stereocenters. The first-order valence-corrected chi connectivity index (χ1v) is 5.65. The Morgan fingerprint density at radius 2 is 2.00 bits per heavy atom. The van der Waals surface area contributed by atoms with Crippen LogP contribution < -0.4 is 5.73 Å². The van der Waals surface area contributed by atoms with Crippen molar-refractivity contribution in [2.75, 3.05) is 0 Å². The maximum atomic E-state index is 6.19. The minimum atomic E-state index is 0.377. The van der Waals surface area contributed by atoms with Crippen LogP contribution in [0.2, 0.25) is 5.02 Å². The van der Waals surface area contributed by atoms with Crippen molar-refractivity contribution in [3.8, 4) is 0 Å². The number of hydrogen-bond donors (Lipinski definition) is 1. The second-order valence-corrected chi connectivity index (χ2v) is 4.65. The van der Waals surface area contributed by atoms with E-state index in [1.54, 1.807) is 0 Å². The van der Waals surface area contributed by atoms with E-state index < -0.39 is 0 Å². The lowest BCUT2D eigenvalue weighted by atomic mass is 10.1. The molecule has 1 aromatic carbocycles. The van der Waals surface area contributed by atoms with Crippen LogP contribution in [0.4, 0.5) is 0 Å². The number of halogens is 1. The van der Waals surface area contributed by atoms with Gasteiger partial charge in [0.25, 0.3) is 0 Å². The molecule has 0 aliphatic carbocycles. The summed E-state index contributed by atoms with van der Waals surface area (Å²) in [5.74, 6) is 0. The summed E-state index contributed by atoms with van der Waals surface area (Å²) < 4.78 is 0. The van der Waals surface area contributed by atoms with Crippen molar-refractivity contribution in [2.45, 2.75) is 13.8 Å². The fourth-order valence-corrected chi connectivity index (χ4v) is 2.14. The number of pyridine rings is 1. The Bertz CT molecular complexity index is 593. The average molecular weight is 251 g/mol. The van der Waals surface area contributed by atoms with Gasteiger partial charge in [-0.15, -0.1) is 0 Å². The Hall–Kier alpha value is -1.19. The van der Waals surface area contributed by atoms with E-state index in [1.165, 1.54) is 0 Å². The number of rotatable bonds is 1. The number of nitrogens with two attached hydrogens (primary N) is 1. The molecule has 0 saturated heterocycles. The van der Waals surface area contributed by atoms with E-state index in [9.17, 15) is 0 Å². The highest BCUT2D eigenvalue weighted by Crippen LogP contribution is 2.26. The molecule has 1 heterocycles. The lowest BCUT2D eigenvalue weighted by molar-refractivity contribution is 1.24. The van der Waals surface area contributed by atoms with E-state index in [0.29, 0.717) is 10.0 Å². The summed E-state index contributed by atoms with van der Waals surface area (Å²) >= 11 is 11.2. The lowest BCUT2D eigenvalue weighted by Gasteiger charge is -2.08. The first-order chi connectivity index (χ1) is 7.49. The fourth-order valence-electron chi connectivity index (χ4n) is 1.72. The molecule has 1 aromatic heterocycles. The normalized spacial score (nSPS) is 10.7. The van der Waals surface area contributed by atoms with Crippen molar-refractivity contribution in [1.29, 1.82) is 0 Å². The molecule has 4 heteroatoms. The maximum absolute atomic E-state index is 6.19. The van der Waals surface area contributed by atoms with Gasteiger partial charge in [-0.2, -0.15) is 0 Å². The fraction of sp³-hybridized carbons (Fsp3) is 0.167. The third kappa shape index (κ3) is 1.88. The summed E-state index contributed by atoms with van der Waals surface area (Å²) in [6.45, 7) is 3.90. The Morgan fingerprint density at radius 3 is 2.62 bits per heavy atom. The summed E-state index contributed by atoms with van der Waals surface area (Å²) in [5.41, 5.74) is 9.29. The minimum absolute atomic E-state index is 0.377. The minimum Gasteiger partial charge on any atom is -0.389 e. The molecule has 0 saturated carbocycles. The SMILES string of the molecule is Cc1cc(Cl)c2cc(C(N)=S)cc(C)c2n1. The predicted molar refractivity (Wildman–Crippen MR) is 72.1 cm³/mol. The predicted octanol–water partition coefficient (Wildman–Crippen LogP) is 3.14. The van der Waals surface area contributed by atoms with Gasteiger partial charge < -0.3 is 5.73 Å². The molecule has 0 aliphatic rings. The number of hydrogen-bond acceptors (Lipinski definition) is 2. The Kier molecular flexibility index (Phi) is 2.82. The van der Waals surface area contributed by atoms with E-state index in [1.807, 2.05) is 32.0 Å². The molecule has 0 amide bonds. The Labute approximate surface area is 104 Å². The Balaban J connectivity index is 2.87. The number of fused-ring (bicyclic) bond motifs is 1. The first-order valence-electron chi connectivity index (χ1n) is 4.86. The van der Waals surface area contributed by atoms with Crippen molar-refractivity contribution < 1.29 is 0 Å². The second-order valence-electron chi connectivity index (χ2n) is 3.80. The molecule has 2 rings (SSSR count). The summed E-state index contributed by atoms with van der Waals surface area (Å²) in [6, 6.07) is 5.67. The zero-order valence-electron chi connectivity index (χ0n) is 9.04. The van der Waals surface area contributed by atoms with Crippen LogP contribution >= 0.6 is 23.8 Å². The number of aromatic nitrogens is 1. The van der Waals surface area contributed by atoms with E-state index in [4.69, 9.17) is 29.6 Å². The van der Waals surface area contributed by atoms with Crippen molar-refractivity contribution in [3.05, 3.63) is 40.0 Å². The van der Waals surface area contributed by atoms with Crippen LogP contribution in [-0.2, 0) is 0 Å². The van der Waals surface area contributed by atoms with Crippen molar-refractivity contribution in [1.82, 2.24) is 4.98 Å². The van der Waals surface area contributed by atoms with Crippen LogP contribution in [0, 0.1) is 13.8 Å². The van der Waals surface area contributed by atoms with Crippen molar-refractivity contribution in [3.63, 3.8) is 0 Å². The third-order valence-electron chi connectivity index (χ3n) is 2.47. The molecule has 2 nitrogen and oxygen atoms in total. The highest BCUT2D eigenvalue weighted by molar-refractivity contribution is 7.80. The summed E-state index contributed by atoms with van der Waals surface area (Å²) in [5, 5.41) is 1.58. The summed E-state index contributed by atoms with van der Waals surface area (Å²) in [4.78, 5) is 4.84. The highest BCUT2D eigenvalue weighted by atomic mass is 35.5. The zero-order chi connectivity index (χ0) is 11.9. The Morgan fingerprint density at radius 1 is 1.31 bits per heavy atom. The van der Waals surface area contributed by atoms with Gasteiger partial charge in [-0.05, 0) is 37.6 Å². The molecule has 0 spiro atoms. The van der Waals surface area contributed by atoms with Crippen LogP contribution in [-0.4, -0.2) is 9.97 Å². The van der Waals surface area contributed by atoms with Gasteiger partial charge >= 0.3 is 0 Å². The molecule has 82 valence electrons. The lowest BCUT2D eigenvalue weighted by Crippen LogP contribution is -2.09. The zero-order valence-corrected chi connectivity index (χ0v) is 10.6. The standard InChI is InChI=1S/C12H11ClN2S/c1-6-3-8(12(14)16)5-9-10(13)4-7(2)15-11(6)9/h3-5H,1-2H3,(H2,14,16). The number of aryl methyl sites for hydroxylation is 2. The van der Waals surface area contributed by atoms with Gasteiger partial charge in [0, 0.05) is 16.6 Å². The van der Waals surface area contributed by atoms with Gasteiger partial charge in [0.15, 0.2) is 0 Å². The molecule has 0 bridgehead atoms. The average Bonchev–Trinajstić information content (AvgIpc) is 2.19. The van der Waals surface area contributed by atoms with Gasteiger partial charge in [0.2, 0.25) is 0 Å². The molecule has 0 fully saturated rings. The summed E-state index contributed by atoms with van der Waals surface area (Å²) in [7, 11) is 0. The number of benzene rings is 1. The van der Waals surface area contributed by atoms with E-state index in [2.05, 4.69) is 4.98 Å². The van der Waals surface area contributed by atoms with Crippen molar-refractivity contribution in [2.24, 2.45) is 5.73 Å². The van der Waals surface area contributed by atoms with E-state index >= 15 is 0 Å². The third-order valence-corrected chi connectivity index (χ3v) is 3.01. The second kappa shape index (κ2) is 4.00. The van der Waals surface area contributed by atoms with E-state index in [-0.39, 0.29) is 0 Å². The van der Waals surface area contributed by atoms with Gasteiger partial charge in [-0.25, -0.2) is 0 Å². The maximum Gasteiger partial charge on any atom is 0.104 e. The van der Waals surface area contributed by atoms with Crippen molar-refractivity contribution >= 4 is 39.7 Å². The van der Waals surface area contributed by atoms with Crippen LogP contribution in [0.3, 0.4) is 0 Å². The quantitative estimate of drug-likeness (QED) is 0.791. The largest absolute Gasteiger partial charge is 0.389 e. The molecule has 2 aromatic rings. The summed E-state index contributed by atoms with van der Waals surface area (Å²) in [6.07, 6.45) is 0.